The first-order chi connectivity index (χ1) is 20.1. The molecule has 2 N–H and O–H groups in total. The van der Waals surface area contributed by atoms with Crippen LogP contribution in [0.25, 0.3) is 5.70 Å². The summed E-state index contributed by atoms with van der Waals surface area (Å²) < 4.78 is 17.2. The van der Waals surface area contributed by atoms with Gasteiger partial charge in [0, 0.05) is 39.9 Å². The van der Waals surface area contributed by atoms with Gasteiger partial charge in [0.25, 0.3) is 0 Å². The van der Waals surface area contributed by atoms with Crippen LogP contribution in [-0.4, -0.2) is 105 Å². The first-order valence-corrected chi connectivity index (χ1v) is 14.9. The summed E-state index contributed by atoms with van der Waals surface area (Å²) in [4.78, 5) is 21.1. The summed E-state index contributed by atoms with van der Waals surface area (Å²) in [5, 5.41) is 16.5. The molecule has 1 aromatic carbocycles. The molecule has 1 aliphatic carbocycles. The number of methoxy groups -OCH3 is 1. The lowest BCUT2D eigenvalue weighted by Crippen LogP contribution is -2.28. The zero-order valence-electron chi connectivity index (χ0n) is 27.8. The van der Waals surface area contributed by atoms with Gasteiger partial charge in [0.2, 0.25) is 5.67 Å². The number of carboxylic acid groups (broad SMARTS) is 1. The fourth-order valence-electron chi connectivity index (χ4n) is 4.48. The Morgan fingerprint density at radius 1 is 1.21 bits per heavy atom. The molecule has 0 bridgehead atoms. The lowest BCUT2D eigenvalue weighted by Gasteiger charge is -2.21. The van der Waals surface area contributed by atoms with E-state index in [9.17, 15) is 9.18 Å². The zero-order chi connectivity index (χ0) is 32.7. The van der Waals surface area contributed by atoms with Crippen molar-refractivity contribution in [3.05, 3.63) is 65.3 Å². The van der Waals surface area contributed by atoms with E-state index in [1.54, 1.807) is 7.11 Å². The van der Waals surface area contributed by atoms with Crippen molar-refractivity contribution < 1.29 is 19.0 Å². The summed E-state index contributed by atoms with van der Waals surface area (Å²) in [5.41, 5.74) is 3.93. The highest BCUT2D eigenvalue weighted by molar-refractivity contribution is 5.91. The van der Waals surface area contributed by atoms with Crippen LogP contribution < -0.4 is 0 Å². The quantitative estimate of drug-likeness (QED) is 0.157. The average molecular weight is 600 g/mol. The first-order valence-electron chi connectivity index (χ1n) is 14.9. The number of nitrogens with zero attached hydrogens (tertiary/aromatic N) is 4. The molecule has 1 unspecified atom stereocenters. The molecule has 8 nitrogen and oxygen atoms in total. The van der Waals surface area contributed by atoms with E-state index < -0.39 is 11.6 Å². The van der Waals surface area contributed by atoms with Crippen molar-refractivity contribution in [1.82, 2.24) is 14.7 Å². The molecule has 1 saturated carbocycles. The van der Waals surface area contributed by atoms with Crippen molar-refractivity contribution in [3.63, 3.8) is 0 Å². The Hall–Kier alpha value is -3.30. The van der Waals surface area contributed by atoms with E-state index in [0.717, 1.165) is 76.3 Å². The lowest BCUT2D eigenvalue weighted by molar-refractivity contribution is -0.148. The molecule has 0 radical (unpaired) electrons. The number of alkyl halides is 1. The Balaban J connectivity index is 0.00000117. The number of amidine groups is 2. The van der Waals surface area contributed by atoms with Gasteiger partial charge in [0.15, 0.2) is 0 Å². The number of hydrogen-bond acceptors (Lipinski definition) is 5. The Morgan fingerprint density at radius 3 is 2.40 bits per heavy atom. The predicted octanol–water partition coefficient (Wildman–Crippen LogP) is 6.30. The van der Waals surface area contributed by atoms with E-state index in [2.05, 4.69) is 75.6 Å². The van der Waals surface area contributed by atoms with Crippen LogP contribution in [0.3, 0.4) is 0 Å². The largest absolute Gasteiger partial charge is 0.479 e. The van der Waals surface area contributed by atoms with Gasteiger partial charge in [-0.05, 0) is 103 Å². The van der Waals surface area contributed by atoms with Crippen molar-refractivity contribution in [3.8, 4) is 0 Å². The number of rotatable bonds is 13. The Labute approximate surface area is 259 Å². The molecular formula is C34H54FN5O3. The van der Waals surface area contributed by atoms with Crippen molar-refractivity contribution in [2.24, 2.45) is 10.9 Å². The number of allylic oxidation sites excluding steroid dienone is 3. The van der Waals surface area contributed by atoms with E-state index in [1.165, 1.54) is 16.7 Å². The standard InChI is InChI=1S/C30H47N5O.C4H7FO2/c1-9-25(22-29(31)35(7)17-11-16-33(4)5)26-14-15-28(21-26)30(27-13-10-12-23(2)20-27)32-24(3)34(6)18-19-36-8;1-4(2,5)3(6)7/h9-10,12-13,20,22,26,31H,1,11,14-19,21H2,2-8H3;1-2H3,(H,6,7)/b25-22+,30-28-,31-29?,32-24?;. The highest BCUT2D eigenvalue weighted by atomic mass is 19.1. The number of aliphatic imine (C=N–C) groups is 1. The molecule has 0 heterocycles. The van der Waals surface area contributed by atoms with Gasteiger partial charge in [-0.2, -0.15) is 0 Å². The van der Waals surface area contributed by atoms with Crippen LogP contribution in [-0.2, 0) is 9.53 Å². The maximum atomic E-state index is 11.9. The maximum absolute atomic E-state index is 11.9. The Morgan fingerprint density at radius 2 is 1.86 bits per heavy atom. The first kappa shape index (κ1) is 37.7. The minimum Gasteiger partial charge on any atom is -0.479 e. The van der Waals surface area contributed by atoms with E-state index in [1.807, 2.05) is 24.1 Å². The summed E-state index contributed by atoms with van der Waals surface area (Å²) in [6.07, 6.45) is 7.98. The lowest BCUT2D eigenvalue weighted by atomic mass is 9.95. The van der Waals surface area contributed by atoms with Crippen LogP contribution in [0.2, 0.25) is 0 Å². The van der Waals surface area contributed by atoms with Crippen LogP contribution >= 0.6 is 0 Å². The van der Waals surface area contributed by atoms with E-state index in [4.69, 9.17) is 20.2 Å². The van der Waals surface area contributed by atoms with Gasteiger partial charge in [-0.25, -0.2) is 14.2 Å². The number of benzene rings is 1. The smallest absolute Gasteiger partial charge is 0.340 e. The number of carbonyl (C=O) groups is 1. The van der Waals surface area contributed by atoms with Gasteiger partial charge < -0.3 is 24.5 Å². The molecule has 0 amide bonds. The third kappa shape index (κ3) is 13.7. The fourth-order valence-corrected chi connectivity index (χ4v) is 4.48. The molecule has 1 aromatic rings. The molecule has 9 heteroatoms. The molecule has 0 aromatic heterocycles. The predicted molar refractivity (Wildman–Crippen MR) is 178 cm³/mol. The highest BCUT2D eigenvalue weighted by Crippen LogP contribution is 2.40. The number of likely N-dealkylation sites (N-methyl/N-ethyl adjacent to an activating group) is 2. The van der Waals surface area contributed by atoms with Gasteiger partial charge >= 0.3 is 5.97 Å². The molecule has 43 heavy (non-hydrogen) atoms. The second-order valence-corrected chi connectivity index (χ2v) is 11.9. The number of halogens is 1. The van der Waals surface area contributed by atoms with Gasteiger partial charge in [-0.15, -0.1) is 0 Å². The summed E-state index contributed by atoms with van der Waals surface area (Å²) in [5.74, 6) is 0.468. The fraction of sp³-hybridized carbons (Fsp3) is 0.559. The second-order valence-electron chi connectivity index (χ2n) is 11.9. The second kappa shape index (κ2) is 18.4. The molecule has 1 aliphatic rings. The number of aliphatic carboxylic acids is 1. The topological polar surface area (TPSA) is 92.5 Å². The van der Waals surface area contributed by atoms with Gasteiger partial charge in [0.1, 0.15) is 11.7 Å². The number of nitrogens with one attached hydrogen (secondary N) is 1. The normalized spacial score (nSPS) is 16.9. The third-order valence-electron chi connectivity index (χ3n) is 7.40. The molecular weight excluding hydrogens is 545 g/mol. The van der Waals surface area contributed by atoms with Crippen molar-refractivity contribution in [1.29, 1.82) is 5.41 Å². The van der Waals surface area contributed by atoms with Crippen LogP contribution in [0.15, 0.2) is 59.1 Å². The zero-order valence-corrected chi connectivity index (χ0v) is 27.8. The third-order valence-corrected chi connectivity index (χ3v) is 7.40. The number of ether oxygens (including phenoxy) is 1. The van der Waals surface area contributed by atoms with Crippen molar-refractivity contribution in [2.45, 2.75) is 59.0 Å². The molecule has 0 aliphatic heterocycles. The van der Waals surface area contributed by atoms with Crippen molar-refractivity contribution in [2.75, 3.05) is 61.5 Å². The number of carboxylic acids is 1. The maximum Gasteiger partial charge on any atom is 0.340 e. The van der Waals surface area contributed by atoms with Crippen LogP contribution in [0.1, 0.15) is 57.6 Å². The van der Waals surface area contributed by atoms with Gasteiger partial charge in [0.05, 0.1) is 12.3 Å². The SMILES string of the molecule is C=C/C(=C\C(=N)N(C)CCCN(C)C)C1CC/C(=C(/N=C(C)N(C)CCOC)c2cccc(C)c2)C1.CC(C)(F)C(=O)O. The van der Waals surface area contributed by atoms with Crippen molar-refractivity contribution >= 4 is 23.3 Å². The Kier molecular flexibility index (Phi) is 16.1. The molecule has 2 rings (SSSR count). The molecule has 240 valence electrons. The average Bonchev–Trinajstić information content (AvgIpc) is 3.42. The van der Waals surface area contributed by atoms with Gasteiger partial charge in [-0.1, -0.05) is 36.4 Å². The minimum atomic E-state index is -2.08. The monoisotopic (exact) mass is 599 g/mol. The molecule has 1 fully saturated rings. The number of hydrogen-bond donors (Lipinski definition) is 2. The van der Waals surface area contributed by atoms with Crippen LogP contribution in [0.5, 0.6) is 0 Å². The summed E-state index contributed by atoms with van der Waals surface area (Å²) in [6.45, 7) is 13.6. The Bertz CT molecular complexity index is 1170. The summed E-state index contributed by atoms with van der Waals surface area (Å²) in [6, 6.07) is 8.63. The molecule has 0 spiro atoms. The highest BCUT2D eigenvalue weighted by Gasteiger charge is 2.26. The van der Waals surface area contributed by atoms with E-state index in [-0.39, 0.29) is 0 Å². The van der Waals surface area contributed by atoms with Crippen LogP contribution in [0.4, 0.5) is 4.39 Å². The summed E-state index contributed by atoms with van der Waals surface area (Å²) in [7, 11) is 9.96. The molecule has 1 atom stereocenters. The summed E-state index contributed by atoms with van der Waals surface area (Å²) >= 11 is 0. The van der Waals surface area contributed by atoms with Crippen LogP contribution in [0, 0.1) is 18.3 Å². The number of aryl methyl sites for hydroxylation is 1. The minimum absolute atomic E-state index is 0.356. The van der Waals surface area contributed by atoms with E-state index in [0.29, 0.717) is 18.4 Å². The van der Waals surface area contributed by atoms with E-state index >= 15 is 0 Å². The molecule has 0 saturated heterocycles. The van der Waals surface area contributed by atoms with Gasteiger partial charge in [-0.3, -0.25) is 5.41 Å².